The normalized spacial score (nSPS) is 10.9. The highest BCUT2D eigenvalue weighted by Gasteiger charge is 2.09. The van der Waals surface area contributed by atoms with E-state index in [2.05, 4.69) is 15.4 Å². The van der Waals surface area contributed by atoms with Crippen molar-refractivity contribution >= 4 is 17.2 Å². The van der Waals surface area contributed by atoms with Gasteiger partial charge in [0, 0.05) is 24.2 Å². The number of pyridine rings is 1. The Morgan fingerprint density at radius 1 is 0.938 bits per heavy atom. The third-order valence-corrected chi connectivity index (χ3v) is 4.99. The van der Waals surface area contributed by atoms with Gasteiger partial charge in [-0.2, -0.15) is 5.10 Å². The Labute approximate surface area is 184 Å². The van der Waals surface area contributed by atoms with Crippen LogP contribution in [0.1, 0.15) is 21.6 Å². The van der Waals surface area contributed by atoms with Gasteiger partial charge in [0.25, 0.3) is 5.91 Å². The third-order valence-electron chi connectivity index (χ3n) is 4.99. The van der Waals surface area contributed by atoms with E-state index >= 15 is 0 Å². The summed E-state index contributed by atoms with van der Waals surface area (Å²) < 4.78 is 9.49. The first-order chi connectivity index (χ1) is 15.7. The Hall–Kier alpha value is -4.39. The van der Waals surface area contributed by atoms with Gasteiger partial charge >= 0.3 is 0 Å². The van der Waals surface area contributed by atoms with Crippen molar-refractivity contribution in [1.29, 1.82) is 0 Å². The van der Waals surface area contributed by atoms with Gasteiger partial charge < -0.3 is 14.5 Å². The van der Waals surface area contributed by atoms with Crippen LogP contribution in [0.3, 0.4) is 0 Å². The number of rotatable bonds is 7. The summed E-state index contributed by atoms with van der Waals surface area (Å²) >= 11 is 0. The molecule has 0 unspecified atom stereocenters. The molecule has 2 aromatic carbocycles. The predicted octanol–water partition coefficient (Wildman–Crippen LogP) is 4.41. The lowest BCUT2D eigenvalue weighted by Crippen LogP contribution is -2.11. The Morgan fingerprint density at radius 3 is 2.56 bits per heavy atom. The molecular weight excluding hydrogens is 402 g/mol. The van der Waals surface area contributed by atoms with Gasteiger partial charge in [-0.3, -0.25) is 9.48 Å². The SMILES string of the molecule is O=C(Nc1cnn(Cc2cn3ccccc3n2)c1)c1ccc(OCc2ccccc2)cc1. The Morgan fingerprint density at radius 2 is 1.75 bits per heavy atom. The summed E-state index contributed by atoms with van der Waals surface area (Å²) in [5.74, 6) is 0.512. The van der Waals surface area contributed by atoms with Gasteiger partial charge in [-0.1, -0.05) is 36.4 Å². The second-order valence-corrected chi connectivity index (χ2v) is 7.38. The van der Waals surface area contributed by atoms with Gasteiger partial charge in [0.2, 0.25) is 0 Å². The minimum atomic E-state index is -0.202. The van der Waals surface area contributed by atoms with Gasteiger partial charge in [0.15, 0.2) is 0 Å². The number of fused-ring (bicyclic) bond motifs is 1. The number of imidazole rings is 1. The zero-order chi connectivity index (χ0) is 21.8. The number of aromatic nitrogens is 4. The maximum absolute atomic E-state index is 12.6. The predicted molar refractivity (Wildman–Crippen MR) is 122 cm³/mol. The Kier molecular flexibility index (Phi) is 5.36. The van der Waals surface area contributed by atoms with Crippen LogP contribution in [0.15, 0.2) is 97.6 Å². The van der Waals surface area contributed by atoms with Crippen molar-refractivity contribution in [3.8, 4) is 5.75 Å². The topological polar surface area (TPSA) is 73.5 Å². The first kappa shape index (κ1) is 19.6. The summed E-state index contributed by atoms with van der Waals surface area (Å²) in [6, 6.07) is 22.9. The van der Waals surface area contributed by atoms with Crippen molar-refractivity contribution in [2.75, 3.05) is 5.32 Å². The fourth-order valence-electron chi connectivity index (χ4n) is 3.39. The molecule has 5 rings (SSSR count). The summed E-state index contributed by atoms with van der Waals surface area (Å²) in [5.41, 5.74) is 4.05. The number of carbonyl (C=O) groups is 1. The van der Waals surface area contributed by atoms with E-state index < -0.39 is 0 Å². The second-order valence-electron chi connectivity index (χ2n) is 7.38. The monoisotopic (exact) mass is 423 g/mol. The van der Waals surface area contributed by atoms with E-state index in [4.69, 9.17) is 4.74 Å². The van der Waals surface area contributed by atoms with Gasteiger partial charge in [-0.05, 0) is 42.0 Å². The molecule has 158 valence electrons. The zero-order valence-corrected chi connectivity index (χ0v) is 17.3. The molecule has 1 N–H and O–H groups in total. The summed E-state index contributed by atoms with van der Waals surface area (Å²) in [7, 11) is 0. The molecule has 0 spiro atoms. The molecule has 0 aliphatic rings. The maximum Gasteiger partial charge on any atom is 0.255 e. The molecule has 0 aliphatic heterocycles. The minimum Gasteiger partial charge on any atom is -0.489 e. The zero-order valence-electron chi connectivity index (χ0n) is 17.3. The molecule has 3 heterocycles. The van der Waals surface area contributed by atoms with Crippen LogP contribution in [0.2, 0.25) is 0 Å². The Balaban J connectivity index is 1.18. The molecule has 0 saturated heterocycles. The molecule has 0 radical (unpaired) electrons. The van der Waals surface area contributed by atoms with Crippen LogP contribution in [0.5, 0.6) is 5.75 Å². The number of ether oxygens (including phenoxy) is 1. The number of hydrogen-bond acceptors (Lipinski definition) is 4. The van der Waals surface area contributed by atoms with Crippen LogP contribution >= 0.6 is 0 Å². The maximum atomic E-state index is 12.6. The second kappa shape index (κ2) is 8.77. The third kappa shape index (κ3) is 4.52. The van der Waals surface area contributed by atoms with E-state index in [1.165, 1.54) is 0 Å². The van der Waals surface area contributed by atoms with Gasteiger partial charge in [-0.25, -0.2) is 4.98 Å². The molecule has 32 heavy (non-hydrogen) atoms. The van der Waals surface area contributed by atoms with Crippen LogP contribution in [0, 0.1) is 0 Å². The number of anilines is 1. The fraction of sp³-hybridized carbons (Fsp3) is 0.0800. The number of hydrogen-bond donors (Lipinski definition) is 1. The molecule has 7 nitrogen and oxygen atoms in total. The van der Waals surface area contributed by atoms with Crippen molar-refractivity contribution in [3.63, 3.8) is 0 Å². The number of benzene rings is 2. The number of nitrogens with zero attached hydrogens (tertiary/aromatic N) is 4. The van der Waals surface area contributed by atoms with E-state index in [0.717, 1.165) is 16.9 Å². The molecule has 0 bridgehead atoms. The molecular formula is C25H21N5O2. The standard InChI is InChI=1S/C25H21N5O2/c31-25(20-9-11-23(12-10-20)32-18-19-6-2-1-3-7-19)28-21-14-26-30(16-21)17-22-15-29-13-5-4-8-24(29)27-22/h1-16H,17-18H2,(H,28,31). The molecule has 0 fully saturated rings. The smallest absolute Gasteiger partial charge is 0.255 e. The van der Waals surface area contributed by atoms with Crippen molar-refractivity contribution in [1.82, 2.24) is 19.2 Å². The molecule has 7 heteroatoms. The van der Waals surface area contributed by atoms with E-state index in [-0.39, 0.29) is 5.91 Å². The first-order valence-electron chi connectivity index (χ1n) is 10.3. The average molecular weight is 423 g/mol. The van der Waals surface area contributed by atoms with Crippen LogP contribution < -0.4 is 10.1 Å². The van der Waals surface area contributed by atoms with Gasteiger partial charge in [0.05, 0.1) is 24.1 Å². The number of amides is 1. The van der Waals surface area contributed by atoms with Crippen molar-refractivity contribution in [3.05, 3.63) is 114 Å². The van der Waals surface area contributed by atoms with E-state index in [1.807, 2.05) is 65.3 Å². The molecule has 0 atom stereocenters. The lowest BCUT2D eigenvalue weighted by Gasteiger charge is -2.07. The lowest BCUT2D eigenvalue weighted by atomic mass is 10.2. The summed E-state index contributed by atoms with van der Waals surface area (Å²) in [6.45, 7) is 1.00. The largest absolute Gasteiger partial charge is 0.489 e. The minimum absolute atomic E-state index is 0.202. The quantitative estimate of drug-likeness (QED) is 0.421. The molecule has 3 aromatic heterocycles. The molecule has 1 amide bonds. The summed E-state index contributed by atoms with van der Waals surface area (Å²) in [6.07, 6.45) is 7.35. The van der Waals surface area contributed by atoms with Crippen LogP contribution in [-0.4, -0.2) is 25.1 Å². The van der Waals surface area contributed by atoms with Gasteiger partial charge in [0.1, 0.15) is 18.0 Å². The molecule has 0 saturated carbocycles. The highest BCUT2D eigenvalue weighted by molar-refractivity contribution is 6.04. The van der Waals surface area contributed by atoms with E-state index in [9.17, 15) is 4.79 Å². The number of carbonyl (C=O) groups excluding carboxylic acids is 1. The van der Waals surface area contributed by atoms with Crippen molar-refractivity contribution in [2.24, 2.45) is 0 Å². The highest BCUT2D eigenvalue weighted by Crippen LogP contribution is 2.16. The number of nitrogens with one attached hydrogen (secondary N) is 1. The molecule has 5 aromatic rings. The van der Waals surface area contributed by atoms with Gasteiger partial charge in [-0.15, -0.1) is 0 Å². The summed E-state index contributed by atoms with van der Waals surface area (Å²) in [4.78, 5) is 17.2. The Bertz CT molecular complexity index is 1310. The van der Waals surface area contributed by atoms with E-state index in [1.54, 1.807) is 41.3 Å². The van der Waals surface area contributed by atoms with E-state index in [0.29, 0.717) is 30.2 Å². The first-order valence-corrected chi connectivity index (χ1v) is 10.3. The fourth-order valence-corrected chi connectivity index (χ4v) is 3.39. The average Bonchev–Trinajstić information content (AvgIpc) is 3.45. The van der Waals surface area contributed by atoms with Crippen LogP contribution in [0.25, 0.3) is 5.65 Å². The van der Waals surface area contributed by atoms with Crippen LogP contribution in [0.4, 0.5) is 5.69 Å². The van der Waals surface area contributed by atoms with Crippen molar-refractivity contribution in [2.45, 2.75) is 13.2 Å². The molecule has 0 aliphatic carbocycles. The van der Waals surface area contributed by atoms with Crippen LogP contribution in [-0.2, 0) is 13.2 Å². The highest BCUT2D eigenvalue weighted by atomic mass is 16.5. The summed E-state index contributed by atoms with van der Waals surface area (Å²) in [5, 5.41) is 7.21. The van der Waals surface area contributed by atoms with Crippen molar-refractivity contribution < 1.29 is 9.53 Å². The lowest BCUT2D eigenvalue weighted by molar-refractivity contribution is 0.102.